The largest absolute Gasteiger partial charge is 0.507 e. The zero-order chi connectivity index (χ0) is 21.8. The van der Waals surface area contributed by atoms with Gasteiger partial charge in [-0.3, -0.25) is 10.1 Å². The molecule has 1 amide bonds. The van der Waals surface area contributed by atoms with E-state index in [0.29, 0.717) is 5.56 Å². The van der Waals surface area contributed by atoms with Gasteiger partial charge in [0.05, 0.1) is 4.92 Å². The molecule has 4 rings (SSSR count). The summed E-state index contributed by atoms with van der Waals surface area (Å²) in [6.45, 7) is 0.369. The van der Waals surface area contributed by atoms with Crippen LogP contribution in [0.1, 0.15) is 22.6 Å². The van der Waals surface area contributed by atoms with Crippen molar-refractivity contribution in [2.45, 2.75) is 5.92 Å². The van der Waals surface area contributed by atoms with Gasteiger partial charge in [0.1, 0.15) is 12.4 Å². The molecule has 0 unspecified atom stereocenters. The van der Waals surface area contributed by atoms with E-state index in [1.165, 1.54) is 24.3 Å². The molecule has 0 heterocycles. The minimum Gasteiger partial charge on any atom is -0.507 e. The summed E-state index contributed by atoms with van der Waals surface area (Å²) in [6, 6.07) is 19.9. The van der Waals surface area contributed by atoms with Crippen LogP contribution < -0.4 is 5.32 Å². The molecule has 1 aliphatic rings. The number of amides is 1. The number of nitro benzene ring substituents is 1. The summed E-state index contributed by atoms with van der Waals surface area (Å²) in [4.78, 5) is 22.4. The van der Waals surface area contributed by atoms with Gasteiger partial charge in [0.15, 0.2) is 0 Å². The predicted molar refractivity (Wildman–Crippen MR) is 117 cm³/mol. The molecule has 0 saturated heterocycles. The van der Waals surface area contributed by atoms with Gasteiger partial charge in [0.25, 0.3) is 5.69 Å². The highest BCUT2D eigenvalue weighted by atomic mass is 16.6. The first-order chi connectivity index (χ1) is 15.0. The van der Waals surface area contributed by atoms with Crippen molar-refractivity contribution < 1.29 is 19.6 Å². The zero-order valence-corrected chi connectivity index (χ0v) is 16.5. The Balaban J connectivity index is 1.34. The molecule has 0 saturated carbocycles. The van der Waals surface area contributed by atoms with Crippen molar-refractivity contribution in [2.75, 3.05) is 13.2 Å². The van der Waals surface area contributed by atoms with Gasteiger partial charge >= 0.3 is 6.09 Å². The molecule has 7 nitrogen and oxygen atoms in total. The predicted octanol–water partition coefficient (Wildman–Crippen LogP) is 4.85. The highest BCUT2D eigenvalue weighted by molar-refractivity contribution is 5.79. The normalized spacial score (nSPS) is 12.4. The Morgan fingerprint density at radius 2 is 1.71 bits per heavy atom. The number of carbonyl (C=O) groups is 1. The first kappa shape index (κ1) is 20.2. The number of ether oxygens (including phenoxy) is 1. The number of nitro groups is 1. The van der Waals surface area contributed by atoms with Crippen LogP contribution in [0.2, 0.25) is 0 Å². The lowest BCUT2D eigenvalue weighted by molar-refractivity contribution is -0.384. The topological polar surface area (TPSA) is 102 Å². The molecular weight excluding hydrogens is 396 g/mol. The minimum absolute atomic E-state index is 0.0180. The summed E-state index contributed by atoms with van der Waals surface area (Å²) in [7, 11) is 0. The van der Waals surface area contributed by atoms with E-state index in [-0.39, 0.29) is 30.5 Å². The van der Waals surface area contributed by atoms with Crippen LogP contribution in [0.3, 0.4) is 0 Å². The number of nitrogens with zero attached hydrogens (tertiary/aromatic N) is 1. The Labute approximate surface area is 178 Å². The van der Waals surface area contributed by atoms with Crippen LogP contribution in [0.25, 0.3) is 17.2 Å². The van der Waals surface area contributed by atoms with E-state index >= 15 is 0 Å². The monoisotopic (exact) mass is 416 g/mol. The smallest absolute Gasteiger partial charge is 0.407 e. The van der Waals surface area contributed by atoms with Crippen molar-refractivity contribution in [2.24, 2.45) is 0 Å². The van der Waals surface area contributed by atoms with Gasteiger partial charge in [-0.2, -0.15) is 0 Å². The molecule has 0 bridgehead atoms. The van der Waals surface area contributed by atoms with Crippen molar-refractivity contribution in [3.05, 3.63) is 99.6 Å². The molecule has 31 heavy (non-hydrogen) atoms. The molecular formula is C24H20N2O5. The number of hydrogen-bond donors (Lipinski definition) is 2. The Morgan fingerprint density at radius 3 is 2.35 bits per heavy atom. The summed E-state index contributed by atoms with van der Waals surface area (Å²) in [5.74, 6) is -0.0986. The SMILES string of the molecule is O=C(NCC=Cc1cc([N+](=O)[O-])ccc1O)OCC1c2ccccc2-c2ccccc21. The average Bonchev–Trinajstić information content (AvgIpc) is 3.10. The summed E-state index contributed by atoms with van der Waals surface area (Å²) < 4.78 is 5.44. The van der Waals surface area contributed by atoms with Crippen LogP contribution in [0, 0.1) is 10.1 Å². The Hall–Kier alpha value is -4.13. The number of rotatable bonds is 6. The summed E-state index contributed by atoms with van der Waals surface area (Å²) >= 11 is 0. The number of carbonyl (C=O) groups excluding carboxylic acids is 1. The van der Waals surface area contributed by atoms with Gasteiger partial charge in [0, 0.05) is 30.2 Å². The van der Waals surface area contributed by atoms with E-state index in [0.717, 1.165) is 22.3 Å². The van der Waals surface area contributed by atoms with Crippen LogP contribution in [0.5, 0.6) is 5.75 Å². The van der Waals surface area contributed by atoms with E-state index < -0.39 is 11.0 Å². The maximum Gasteiger partial charge on any atom is 0.407 e. The average molecular weight is 416 g/mol. The van der Waals surface area contributed by atoms with Gasteiger partial charge in [-0.1, -0.05) is 60.7 Å². The second kappa shape index (κ2) is 8.71. The Kier molecular flexibility index (Phi) is 5.66. The number of phenolic OH excluding ortho intramolecular Hbond substituents is 1. The third kappa shape index (κ3) is 4.25. The number of alkyl carbamates (subject to hydrolysis) is 1. The molecule has 0 atom stereocenters. The second-order valence-electron chi connectivity index (χ2n) is 7.11. The van der Waals surface area contributed by atoms with Crippen LogP contribution in [-0.4, -0.2) is 29.3 Å². The molecule has 0 aromatic heterocycles. The fourth-order valence-electron chi connectivity index (χ4n) is 3.77. The van der Waals surface area contributed by atoms with Crippen molar-refractivity contribution in [1.82, 2.24) is 5.32 Å². The second-order valence-corrected chi connectivity index (χ2v) is 7.11. The van der Waals surface area contributed by atoms with Crippen LogP contribution in [0.15, 0.2) is 72.8 Å². The van der Waals surface area contributed by atoms with E-state index in [9.17, 15) is 20.0 Å². The molecule has 0 fully saturated rings. The third-order valence-electron chi connectivity index (χ3n) is 5.23. The lowest BCUT2D eigenvalue weighted by atomic mass is 9.98. The molecule has 0 spiro atoms. The molecule has 0 radical (unpaired) electrons. The number of non-ortho nitro benzene ring substituents is 1. The lowest BCUT2D eigenvalue weighted by Crippen LogP contribution is -2.26. The van der Waals surface area contributed by atoms with E-state index in [2.05, 4.69) is 29.6 Å². The number of aromatic hydroxyl groups is 1. The fraction of sp³-hybridized carbons (Fsp3) is 0.125. The van der Waals surface area contributed by atoms with Gasteiger partial charge < -0.3 is 15.2 Å². The molecule has 156 valence electrons. The molecule has 2 N–H and O–H groups in total. The maximum atomic E-state index is 12.1. The minimum atomic E-state index is -0.560. The van der Waals surface area contributed by atoms with Crippen molar-refractivity contribution in [3.8, 4) is 16.9 Å². The number of nitrogens with one attached hydrogen (secondary N) is 1. The zero-order valence-electron chi connectivity index (χ0n) is 16.5. The third-order valence-corrected chi connectivity index (χ3v) is 5.23. The Bertz CT molecular complexity index is 1130. The van der Waals surface area contributed by atoms with E-state index in [1.54, 1.807) is 6.08 Å². The fourth-order valence-corrected chi connectivity index (χ4v) is 3.77. The Morgan fingerprint density at radius 1 is 1.06 bits per heavy atom. The van der Waals surface area contributed by atoms with E-state index in [4.69, 9.17) is 4.74 Å². The summed E-state index contributed by atoms with van der Waals surface area (Å²) in [5.41, 5.74) is 4.76. The first-order valence-electron chi connectivity index (χ1n) is 9.77. The van der Waals surface area contributed by atoms with Crippen LogP contribution in [-0.2, 0) is 4.74 Å². The van der Waals surface area contributed by atoms with Crippen molar-refractivity contribution in [3.63, 3.8) is 0 Å². The van der Waals surface area contributed by atoms with Gasteiger partial charge in [0.2, 0.25) is 0 Å². The number of hydrogen-bond acceptors (Lipinski definition) is 5. The molecule has 1 aliphatic carbocycles. The van der Waals surface area contributed by atoms with E-state index in [1.807, 2.05) is 24.3 Å². The molecule has 3 aromatic carbocycles. The summed E-state index contributed by atoms with van der Waals surface area (Å²) in [6.07, 6.45) is 2.53. The highest BCUT2D eigenvalue weighted by Gasteiger charge is 2.28. The first-order valence-corrected chi connectivity index (χ1v) is 9.77. The maximum absolute atomic E-state index is 12.1. The molecule has 0 aliphatic heterocycles. The number of benzene rings is 3. The summed E-state index contributed by atoms with van der Waals surface area (Å²) in [5, 5.41) is 23.3. The van der Waals surface area contributed by atoms with Gasteiger partial charge in [-0.15, -0.1) is 0 Å². The number of phenols is 1. The standard InChI is InChI=1S/C24H20N2O5/c27-23-12-11-17(26(29)30)14-16(23)6-5-13-25-24(28)31-15-22-20-9-3-1-7-18(20)19-8-2-4-10-21(19)22/h1-12,14,22,27H,13,15H2,(H,25,28). The van der Waals surface area contributed by atoms with Crippen LogP contribution in [0.4, 0.5) is 10.5 Å². The van der Waals surface area contributed by atoms with Crippen molar-refractivity contribution in [1.29, 1.82) is 0 Å². The molecule has 7 heteroatoms. The van der Waals surface area contributed by atoms with Gasteiger partial charge in [-0.05, 0) is 28.3 Å². The van der Waals surface area contributed by atoms with Gasteiger partial charge in [-0.25, -0.2) is 4.79 Å². The molecule has 3 aromatic rings. The number of fused-ring (bicyclic) bond motifs is 3. The van der Waals surface area contributed by atoms with Crippen molar-refractivity contribution >= 4 is 17.9 Å². The van der Waals surface area contributed by atoms with Crippen LogP contribution >= 0.6 is 0 Å². The lowest BCUT2D eigenvalue weighted by Gasteiger charge is -2.14. The highest BCUT2D eigenvalue weighted by Crippen LogP contribution is 2.44. The quantitative estimate of drug-likeness (QED) is 0.442.